The predicted octanol–water partition coefficient (Wildman–Crippen LogP) is 2.35. The Morgan fingerprint density at radius 2 is 2.07 bits per heavy atom. The molecular weight excluding hydrogens is 354 g/mol. The Hall–Kier alpha value is -2.44. The molecule has 7 heteroatoms. The third-order valence-electron chi connectivity index (χ3n) is 5.37. The monoisotopic (exact) mass is 387 g/mol. The fraction of sp³-hybridized carbons (Fsp3) is 0.619. The van der Waals surface area contributed by atoms with Crippen LogP contribution in [0.15, 0.2) is 35.3 Å². The molecule has 3 rings (SSSR count). The summed E-state index contributed by atoms with van der Waals surface area (Å²) in [7, 11) is 1.79. The van der Waals surface area contributed by atoms with Crippen LogP contribution >= 0.6 is 0 Å². The van der Waals surface area contributed by atoms with Crippen molar-refractivity contribution in [2.75, 3.05) is 38.2 Å². The van der Waals surface area contributed by atoms with E-state index in [-0.39, 0.29) is 12.1 Å². The summed E-state index contributed by atoms with van der Waals surface area (Å²) in [4.78, 5) is 18.6. The van der Waals surface area contributed by atoms with Crippen molar-refractivity contribution in [1.29, 1.82) is 0 Å². The molecule has 3 N–H and O–H groups in total. The molecule has 2 fully saturated rings. The number of ether oxygens (including phenoxy) is 1. The molecule has 1 heterocycles. The molecule has 1 aliphatic heterocycles. The van der Waals surface area contributed by atoms with Crippen LogP contribution in [0, 0.1) is 5.92 Å². The number of rotatable bonds is 7. The Balaban J connectivity index is 1.49. The molecule has 2 aliphatic rings. The zero-order chi connectivity index (χ0) is 19.8. The largest absolute Gasteiger partial charge is 0.450 e. The number of nitrogens with one attached hydrogen (secondary N) is 3. The third-order valence-corrected chi connectivity index (χ3v) is 5.37. The van der Waals surface area contributed by atoms with Crippen LogP contribution in [0.2, 0.25) is 0 Å². The smallest absolute Gasteiger partial charge is 0.407 e. The highest BCUT2D eigenvalue weighted by Gasteiger charge is 2.33. The first-order chi connectivity index (χ1) is 13.7. The summed E-state index contributed by atoms with van der Waals surface area (Å²) in [6.07, 6.45) is 4.24. The van der Waals surface area contributed by atoms with Crippen LogP contribution in [-0.2, 0) is 4.74 Å². The van der Waals surface area contributed by atoms with Crippen LogP contribution in [0.25, 0.3) is 0 Å². The normalized spacial score (nSPS) is 21.0. The fourth-order valence-electron chi connectivity index (χ4n) is 3.72. The van der Waals surface area contributed by atoms with Crippen LogP contribution < -0.4 is 20.9 Å². The van der Waals surface area contributed by atoms with Crippen molar-refractivity contribution in [1.82, 2.24) is 16.0 Å². The van der Waals surface area contributed by atoms with Gasteiger partial charge < -0.3 is 25.6 Å². The van der Waals surface area contributed by atoms with Gasteiger partial charge in [-0.2, -0.15) is 0 Å². The average Bonchev–Trinajstić information content (AvgIpc) is 3.56. The van der Waals surface area contributed by atoms with E-state index in [2.05, 4.69) is 56.2 Å². The van der Waals surface area contributed by atoms with E-state index in [4.69, 9.17) is 4.74 Å². The molecule has 0 spiro atoms. The van der Waals surface area contributed by atoms with E-state index < -0.39 is 0 Å². The number of anilines is 1. The quantitative estimate of drug-likeness (QED) is 0.494. The molecule has 0 bridgehead atoms. The summed E-state index contributed by atoms with van der Waals surface area (Å²) < 4.78 is 5.03. The molecule has 1 saturated carbocycles. The van der Waals surface area contributed by atoms with Crippen LogP contribution in [0.1, 0.15) is 32.6 Å². The van der Waals surface area contributed by atoms with Gasteiger partial charge in [-0.1, -0.05) is 18.2 Å². The molecule has 0 aromatic heterocycles. The number of carbonyl (C=O) groups excluding carboxylic acids is 1. The Kier molecular flexibility index (Phi) is 7.39. The van der Waals surface area contributed by atoms with Gasteiger partial charge in [0.25, 0.3) is 0 Å². The minimum Gasteiger partial charge on any atom is -0.450 e. The molecule has 7 nitrogen and oxygen atoms in total. The minimum atomic E-state index is -0.338. The van der Waals surface area contributed by atoms with Crippen molar-refractivity contribution in [3.63, 3.8) is 0 Å². The van der Waals surface area contributed by atoms with Crippen molar-refractivity contribution in [3.8, 4) is 0 Å². The molecular formula is C21H33N5O2. The van der Waals surface area contributed by atoms with Crippen molar-refractivity contribution in [3.05, 3.63) is 30.3 Å². The second kappa shape index (κ2) is 10.2. The highest BCUT2D eigenvalue weighted by atomic mass is 16.5. The zero-order valence-electron chi connectivity index (χ0n) is 17.0. The molecule has 2 unspecified atom stereocenters. The second-order valence-electron chi connectivity index (χ2n) is 7.53. The number of carbonyl (C=O) groups is 1. The molecule has 1 aliphatic carbocycles. The second-order valence-corrected chi connectivity index (χ2v) is 7.53. The Morgan fingerprint density at radius 1 is 1.29 bits per heavy atom. The number of amides is 1. The minimum absolute atomic E-state index is 0.0739. The van der Waals surface area contributed by atoms with Gasteiger partial charge in [-0.25, -0.2) is 4.79 Å². The Bertz CT molecular complexity index is 647. The first-order valence-electron chi connectivity index (χ1n) is 10.4. The van der Waals surface area contributed by atoms with E-state index >= 15 is 0 Å². The van der Waals surface area contributed by atoms with Crippen LogP contribution in [0.5, 0.6) is 0 Å². The van der Waals surface area contributed by atoms with Gasteiger partial charge in [-0.05, 0) is 50.7 Å². The lowest BCUT2D eigenvalue weighted by Crippen LogP contribution is -2.53. The molecule has 1 aromatic rings. The number of alkyl carbamates (subject to hydrolysis) is 1. The first-order valence-corrected chi connectivity index (χ1v) is 10.4. The van der Waals surface area contributed by atoms with Crippen molar-refractivity contribution < 1.29 is 9.53 Å². The van der Waals surface area contributed by atoms with Crippen molar-refractivity contribution in [2.24, 2.45) is 10.9 Å². The van der Waals surface area contributed by atoms with Gasteiger partial charge in [0.15, 0.2) is 5.96 Å². The summed E-state index contributed by atoms with van der Waals surface area (Å²) in [5.41, 5.74) is 1.27. The summed E-state index contributed by atoms with van der Waals surface area (Å²) in [6.45, 7) is 4.90. The SMILES string of the molecule is CCOC(=O)NC(CNC(=NC)NC1CCCN(c2ccccc2)C1)C1CC1. The number of benzene rings is 1. The predicted molar refractivity (Wildman–Crippen MR) is 113 cm³/mol. The number of aliphatic imine (C=N–C) groups is 1. The maximum atomic E-state index is 11.8. The number of guanidine groups is 1. The van der Waals surface area contributed by atoms with Crippen molar-refractivity contribution in [2.45, 2.75) is 44.7 Å². The van der Waals surface area contributed by atoms with E-state index in [1.54, 1.807) is 7.05 Å². The molecule has 0 radical (unpaired) electrons. The summed E-state index contributed by atoms with van der Waals surface area (Å²) in [5, 5.41) is 9.92. The number of hydrogen-bond acceptors (Lipinski definition) is 4. The van der Waals surface area contributed by atoms with E-state index in [0.717, 1.165) is 44.7 Å². The molecule has 2 atom stereocenters. The molecule has 28 heavy (non-hydrogen) atoms. The van der Waals surface area contributed by atoms with Crippen LogP contribution in [0.3, 0.4) is 0 Å². The van der Waals surface area contributed by atoms with Gasteiger partial charge in [-0.3, -0.25) is 4.99 Å². The standard InChI is InChI=1S/C21H33N5O2/c1-3-28-21(27)25-19(16-11-12-16)14-23-20(22-2)24-17-8-7-13-26(15-17)18-9-5-4-6-10-18/h4-6,9-10,16-17,19H,3,7-8,11-15H2,1-2H3,(H,25,27)(H2,22,23,24). The maximum Gasteiger partial charge on any atom is 0.407 e. The zero-order valence-corrected chi connectivity index (χ0v) is 17.0. The summed E-state index contributed by atoms with van der Waals surface area (Å²) in [5.74, 6) is 1.31. The van der Waals surface area contributed by atoms with Gasteiger partial charge in [0, 0.05) is 38.4 Å². The lowest BCUT2D eigenvalue weighted by molar-refractivity contribution is 0.146. The maximum absolute atomic E-state index is 11.8. The van der Waals surface area contributed by atoms with Gasteiger partial charge in [0.05, 0.1) is 12.6 Å². The molecule has 1 amide bonds. The molecule has 154 valence electrons. The summed E-state index contributed by atoms with van der Waals surface area (Å²) in [6, 6.07) is 11.0. The summed E-state index contributed by atoms with van der Waals surface area (Å²) >= 11 is 0. The highest BCUT2D eigenvalue weighted by Crippen LogP contribution is 2.32. The molecule has 1 aromatic carbocycles. The van der Waals surface area contributed by atoms with Gasteiger partial charge in [-0.15, -0.1) is 0 Å². The number of nitrogens with zero attached hydrogens (tertiary/aromatic N) is 2. The van der Waals surface area contributed by atoms with E-state index in [0.29, 0.717) is 25.1 Å². The van der Waals surface area contributed by atoms with Gasteiger partial charge in [0.1, 0.15) is 0 Å². The first kappa shape index (κ1) is 20.3. The Morgan fingerprint density at radius 3 is 2.75 bits per heavy atom. The number of para-hydroxylation sites is 1. The number of hydrogen-bond donors (Lipinski definition) is 3. The van der Waals surface area contributed by atoms with E-state index in [9.17, 15) is 4.79 Å². The molecule has 1 saturated heterocycles. The van der Waals surface area contributed by atoms with E-state index in [1.165, 1.54) is 5.69 Å². The van der Waals surface area contributed by atoms with Crippen LogP contribution in [0.4, 0.5) is 10.5 Å². The Labute approximate surface area is 167 Å². The van der Waals surface area contributed by atoms with E-state index in [1.807, 2.05) is 6.92 Å². The van der Waals surface area contributed by atoms with Gasteiger partial charge in [0.2, 0.25) is 0 Å². The fourth-order valence-corrected chi connectivity index (χ4v) is 3.72. The highest BCUT2D eigenvalue weighted by molar-refractivity contribution is 5.80. The lowest BCUT2D eigenvalue weighted by Gasteiger charge is -2.35. The third kappa shape index (κ3) is 6.04. The lowest BCUT2D eigenvalue weighted by atomic mass is 10.0. The average molecular weight is 388 g/mol. The van der Waals surface area contributed by atoms with Gasteiger partial charge >= 0.3 is 6.09 Å². The number of piperidine rings is 1. The topological polar surface area (TPSA) is 78.0 Å². The van der Waals surface area contributed by atoms with Crippen molar-refractivity contribution >= 4 is 17.7 Å². The van der Waals surface area contributed by atoms with Crippen LogP contribution in [-0.4, -0.2) is 57.4 Å².